The number of aryl methyl sites for hydroxylation is 1. The molecule has 37 heavy (non-hydrogen) atoms. The van der Waals surface area contributed by atoms with Gasteiger partial charge in [-0.3, -0.25) is 9.36 Å². The number of carbonyl (C=O) groups is 1. The lowest BCUT2D eigenvalue weighted by Gasteiger charge is -2.19. The number of benzene rings is 1. The van der Waals surface area contributed by atoms with E-state index >= 15 is 0 Å². The Hall–Kier alpha value is -4.21. The summed E-state index contributed by atoms with van der Waals surface area (Å²) < 4.78 is 1.75. The van der Waals surface area contributed by atoms with E-state index in [0.717, 1.165) is 48.2 Å². The van der Waals surface area contributed by atoms with Gasteiger partial charge in [-0.25, -0.2) is 29.7 Å². The second-order valence-corrected chi connectivity index (χ2v) is 9.97. The fraction of sp³-hybridized carbons (Fsp3) is 0.370. The van der Waals surface area contributed by atoms with E-state index in [9.17, 15) is 9.59 Å². The molecule has 2 fully saturated rings. The van der Waals surface area contributed by atoms with Gasteiger partial charge in [-0.15, -0.1) is 0 Å². The maximum Gasteiger partial charge on any atom is 0.335 e. The van der Waals surface area contributed by atoms with E-state index in [2.05, 4.69) is 32.2 Å². The number of nitrogens with zero attached hydrogens (tertiary/aromatic N) is 6. The summed E-state index contributed by atoms with van der Waals surface area (Å²) in [5, 5.41) is 12.3. The molecular formula is C27H27N7O3. The molecule has 1 atom stereocenters. The molecule has 2 N–H and O–H groups in total. The number of fused-ring (bicyclic) bond motifs is 1. The summed E-state index contributed by atoms with van der Waals surface area (Å²) in [6.45, 7) is 4.32. The summed E-state index contributed by atoms with van der Waals surface area (Å²) in [5.74, 6) is 0.578. The predicted octanol–water partition coefficient (Wildman–Crippen LogP) is 4.11. The van der Waals surface area contributed by atoms with Gasteiger partial charge in [0.1, 0.15) is 11.8 Å². The fourth-order valence-electron chi connectivity index (χ4n) is 4.79. The minimum Gasteiger partial charge on any atom is -0.478 e. The van der Waals surface area contributed by atoms with Crippen molar-refractivity contribution in [3.8, 4) is 11.4 Å². The van der Waals surface area contributed by atoms with Crippen LogP contribution in [0.1, 0.15) is 71.9 Å². The lowest BCUT2D eigenvalue weighted by atomic mass is 10.1. The third kappa shape index (κ3) is 4.43. The van der Waals surface area contributed by atoms with Gasteiger partial charge in [-0.2, -0.15) is 0 Å². The fourth-order valence-corrected chi connectivity index (χ4v) is 4.79. The van der Waals surface area contributed by atoms with Crippen LogP contribution < -0.4 is 10.9 Å². The van der Waals surface area contributed by atoms with Crippen LogP contribution in [0.2, 0.25) is 0 Å². The lowest BCUT2D eigenvalue weighted by Crippen LogP contribution is -2.29. The van der Waals surface area contributed by atoms with Crippen LogP contribution in [0.15, 0.2) is 41.6 Å². The first-order valence-electron chi connectivity index (χ1n) is 12.6. The molecule has 4 aromatic rings. The van der Waals surface area contributed by atoms with Gasteiger partial charge < -0.3 is 10.4 Å². The van der Waals surface area contributed by atoms with Gasteiger partial charge in [0.25, 0.3) is 5.56 Å². The Morgan fingerprint density at radius 3 is 2.54 bits per heavy atom. The van der Waals surface area contributed by atoms with E-state index in [0.29, 0.717) is 35.4 Å². The molecular weight excluding hydrogens is 470 g/mol. The minimum atomic E-state index is -0.978. The zero-order valence-electron chi connectivity index (χ0n) is 20.7. The maximum atomic E-state index is 13.7. The van der Waals surface area contributed by atoms with Crippen LogP contribution in [0, 0.1) is 12.8 Å². The molecule has 0 amide bonds. The highest BCUT2D eigenvalue weighted by Crippen LogP contribution is 2.43. The molecule has 3 heterocycles. The van der Waals surface area contributed by atoms with E-state index in [1.54, 1.807) is 41.4 Å². The van der Waals surface area contributed by atoms with Crippen LogP contribution in [-0.2, 0) is 6.54 Å². The molecule has 0 aliphatic heterocycles. The number of anilines is 1. The van der Waals surface area contributed by atoms with Crippen LogP contribution in [0.3, 0.4) is 0 Å². The average molecular weight is 498 g/mol. The van der Waals surface area contributed by atoms with Crippen LogP contribution in [0.5, 0.6) is 0 Å². The summed E-state index contributed by atoms with van der Waals surface area (Å²) in [5.41, 5.74) is 4.49. The number of nitrogens with one attached hydrogen (secondary N) is 1. The molecule has 10 nitrogen and oxygen atoms in total. The zero-order valence-corrected chi connectivity index (χ0v) is 20.7. The Morgan fingerprint density at radius 2 is 1.86 bits per heavy atom. The van der Waals surface area contributed by atoms with E-state index < -0.39 is 5.97 Å². The van der Waals surface area contributed by atoms with Crippen molar-refractivity contribution in [1.82, 2.24) is 29.5 Å². The Labute approximate surface area is 212 Å². The number of hydrogen-bond acceptors (Lipinski definition) is 8. The second-order valence-electron chi connectivity index (χ2n) is 9.97. The van der Waals surface area contributed by atoms with Gasteiger partial charge in [0, 0.05) is 18.5 Å². The Kier molecular flexibility index (Phi) is 5.66. The van der Waals surface area contributed by atoms with Crippen LogP contribution >= 0.6 is 0 Å². The SMILES string of the molecule is Cc1ncnc(C2CC2)c1-c1ncc2nc(NCc3ccc(C(=O)O)cc3)c(=O)n([C@@H](C)C3CC3)c2n1. The minimum absolute atomic E-state index is 0.0350. The van der Waals surface area contributed by atoms with Crippen molar-refractivity contribution in [2.45, 2.75) is 58.0 Å². The first-order chi connectivity index (χ1) is 17.9. The summed E-state index contributed by atoms with van der Waals surface area (Å²) in [7, 11) is 0. The van der Waals surface area contributed by atoms with E-state index in [1.165, 1.54) is 0 Å². The number of rotatable bonds is 8. The van der Waals surface area contributed by atoms with Crippen molar-refractivity contribution in [1.29, 1.82) is 0 Å². The molecule has 2 aliphatic rings. The summed E-state index contributed by atoms with van der Waals surface area (Å²) in [6, 6.07) is 6.49. The second kappa shape index (κ2) is 9.02. The highest BCUT2D eigenvalue weighted by Gasteiger charge is 2.33. The van der Waals surface area contributed by atoms with Gasteiger partial charge >= 0.3 is 5.97 Å². The average Bonchev–Trinajstić information content (AvgIpc) is 3.81. The summed E-state index contributed by atoms with van der Waals surface area (Å²) in [4.78, 5) is 47.8. The zero-order chi connectivity index (χ0) is 25.7. The van der Waals surface area contributed by atoms with E-state index in [1.807, 2.05) is 6.92 Å². The molecule has 0 unspecified atom stereocenters. The number of aromatic nitrogens is 6. The Balaban J connectivity index is 1.41. The normalized spacial score (nSPS) is 16.1. The topological polar surface area (TPSA) is 136 Å². The number of carboxylic acid groups (broad SMARTS) is 1. The monoisotopic (exact) mass is 497 g/mol. The molecule has 3 aromatic heterocycles. The summed E-state index contributed by atoms with van der Waals surface area (Å²) >= 11 is 0. The number of carboxylic acids is 1. The first kappa shape index (κ1) is 23.2. The van der Waals surface area contributed by atoms with Crippen LogP contribution in [-0.4, -0.2) is 40.6 Å². The van der Waals surface area contributed by atoms with Crippen molar-refractivity contribution >= 4 is 23.0 Å². The molecule has 188 valence electrons. The summed E-state index contributed by atoms with van der Waals surface area (Å²) in [6.07, 6.45) is 7.60. The quantitative estimate of drug-likeness (QED) is 0.368. The number of aromatic carboxylic acids is 1. The third-order valence-electron chi connectivity index (χ3n) is 7.26. The molecule has 0 bridgehead atoms. The van der Waals surface area contributed by atoms with Crippen molar-refractivity contribution < 1.29 is 9.90 Å². The highest BCUT2D eigenvalue weighted by molar-refractivity contribution is 5.87. The maximum absolute atomic E-state index is 13.7. The highest BCUT2D eigenvalue weighted by atomic mass is 16.4. The van der Waals surface area contributed by atoms with E-state index in [4.69, 9.17) is 10.1 Å². The molecule has 0 spiro atoms. The van der Waals surface area contributed by atoms with Gasteiger partial charge in [0.05, 0.1) is 28.7 Å². The molecule has 1 aromatic carbocycles. The molecule has 2 saturated carbocycles. The smallest absolute Gasteiger partial charge is 0.335 e. The number of hydrogen-bond donors (Lipinski definition) is 2. The lowest BCUT2D eigenvalue weighted by molar-refractivity contribution is 0.0697. The van der Waals surface area contributed by atoms with Gasteiger partial charge in [-0.1, -0.05) is 12.1 Å². The first-order valence-corrected chi connectivity index (χ1v) is 12.6. The van der Waals surface area contributed by atoms with Crippen molar-refractivity contribution in [2.24, 2.45) is 5.92 Å². The molecule has 10 heteroatoms. The van der Waals surface area contributed by atoms with Crippen LogP contribution in [0.4, 0.5) is 5.82 Å². The molecule has 2 aliphatic carbocycles. The van der Waals surface area contributed by atoms with Crippen molar-refractivity contribution in [3.63, 3.8) is 0 Å². The largest absolute Gasteiger partial charge is 0.478 e. The molecule has 6 rings (SSSR count). The standard InChI is InChI=1S/C27H27N7O3/c1-14-21(22(18-9-10-18)31-13-30-14)23-29-12-20-25(33-23)34(15(2)17-7-8-17)26(35)24(32-20)28-11-16-3-5-19(6-4-16)27(36)37/h3-6,12-13,15,17-18H,7-11H2,1-2H3,(H,28,32)(H,36,37)/t15-/m0/s1. The predicted molar refractivity (Wildman–Crippen MR) is 137 cm³/mol. The van der Waals surface area contributed by atoms with Gasteiger partial charge in [0.2, 0.25) is 0 Å². The van der Waals surface area contributed by atoms with Crippen molar-refractivity contribution in [2.75, 3.05) is 5.32 Å². The van der Waals surface area contributed by atoms with E-state index in [-0.39, 0.29) is 23.0 Å². The Bertz CT molecular complexity index is 1570. The Morgan fingerprint density at radius 1 is 1.11 bits per heavy atom. The van der Waals surface area contributed by atoms with Crippen molar-refractivity contribution in [3.05, 3.63) is 69.7 Å². The van der Waals surface area contributed by atoms with Gasteiger partial charge in [-0.05, 0) is 63.1 Å². The molecule has 0 saturated heterocycles. The third-order valence-corrected chi connectivity index (χ3v) is 7.26. The molecule has 0 radical (unpaired) electrons. The van der Waals surface area contributed by atoms with Crippen LogP contribution in [0.25, 0.3) is 22.6 Å². The van der Waals surface area contributed by atoms with Gasteiger partial charge in [0.15, 0.2) is 17.3 Å².